The van der Waals surface area contributed by atoms with Crippen LogP contribution in [0.5, 0.6) is 0 Å². The SMILES string of the molecule is NC(CS)C(=O)C([C]=O)C[C]=O. The van der Waals surface area contributed by atoms with E-state index < -0.39 is 17.7 Å². The van der Waals surface area contributed by atoms with Crippen molar-refractivity contribution in [2.45, 2.75) is 12.5 Å². The highest BCUT2D eigenvalue weighted by atomic mass is 32.1. The van der Waals surface area contributed by atoms with Crippen LogP contribution >= 0.6 is 12.6 Å². The van der Waals surface area contributed by atoms with Gasteiger partial charge in [-0.05, 0) is 0 Å². The Labute approximate surface area is 75.9 Å². The molecule has 2 N–H and O–H groups in total. The number of carbonyl (C=O) groups excluding carboxylic acids is 3. The van der Waals surface area contributed by atoms with Crippen molar-refractivity contribution in [2.75, 3.05) is 5.75 Å². The average molecular weight is 187 g/mol. The van der Waals surface area contributed by atoms with Gasteiger partial charge in [-0.2, -0.15) is 12.6 Å². The van der Waals surface area contributed by atoms with Gasteiger partial charge in [-0.3, -0.25) is 14.4 Å². The second-order valence-corrected chi connectivity index (χ2v) is 2.58. The van der Waals surface area contributed by atoms with E-state index in [4.69, 9.17) is 5.73 Å². The first-order chi connectivity index (χ1) is 5.67. The summed E-state index contributed by atoms with van der Waals surface area (Å²) in [6, 6.07) is -0.812. The van der Waals surface area contributed by atoms with Gasteiger partial charge in [0.1, 0.15) is 0 Å². The second kappa shape index (κ2) is 5.91. The first kappa shape index (κ1) is 11.3. The minimum absolute atomic E-state index is 0.149. The third kappa shape index (κ3) is 3.15. The van der Waals surface area contributed by atoms with Crippen LogP contribution in [0.3, 0.4) is 0 Å². The Hall–Kier alpha value is -0.680. The molecule has 5 heteroatoms. The van der Waals surface area contributed by atoms with Gasteiger partial charge in [0, 0.05) is 12.2 Å². The Balaban J connectivity index is 4.19. The molecule has 2 unspecified atom stereocenters. The summed E-state index contributed by atoms with van der Waals surface area (Å²) in [5.41, 5.74) is 5.29. The predicted molar refractivity (Wildman–Crippen MR) is 46.3 cm³/mol. The molecule has 0 fully saturated rings. The molecule has 0 aromatic rings. The van der Waals surface area contributed by atoms with Crippen LogP contribution in [0.15, 0.2) is 0 Å². The van der Waals surface area contributed by atoms with Gasteiger partial charge in [0.2, 0.25) is 6.29 Å². The molecular formula is C7H9NO3S. The Morgan fingerprint density at radius 3 is 2.42 bits per heavy atom. The maximum atomic E-state index is 11.1. The fraction of sp³-hybridized carbons (Fsp3) is 0.571. The molecule has 0 saturated heterocycles. The number of hydrogen-bond acceptors (Lipinski definition) is 5. The molecule has 0 heterocycles. The van der Waals surface area contributed by atoms with Gasteiger partial charge in [0.05, 0.1) is 12.0 Å². The zero-order chi connectivity index (χ0) is 9.56. The van der Waals surface area contributed by atoms with Crippen molar-refractivity contribution in [3.05, 3.63) is 0 Å². The Bertz CT molecular complexity index is 183. The number of carbonyl (C=O) groups is 1. The highest BCUT2D eigenvalue weighted by Crippen LogP contribution is 2.02. The Kier molecular flexibility index (Phi) is 5.57. The van der Waals surface area contributed by atoms with Crippen LogP contribution in [0, 0.1) is 5.92 Å². The van der Waals surface area contributed by atoms with E-state index in [1.165, 1.54) is 12.6 Å². The van der Waals surface area contributed by atoms with E-state index in [0.29, 0.717) is 0 Å². The van der Waals surface area contributed by atoms with E-state index in [-0.39, 0.29) is 12.2 Å². The van der Waals surface area contributed by atoms with Crippen LogP contribution in [0.1, 0.15) is 6.42 Å². The monoisotopic (exact) mass is 187 g/mol. The third-order valence-corrected chi connectivity index (χ3v) is 1.73. The highest BCUT2D eigenvalue weighted by molar-refractivity contribution is 7.80. The van der Waals surface area contributed by atoms with Crippen LogP contribution in [-0.2, 0) is 14.4 Å². The zero-order valence-corrected chi connectivity index (χ0v) is 7.21. The van der Waals surface area contributed by atoms with Crippen molar-refractivity contribution >= 4 is 31.0 Å². The molecule has 0 aliphatic rings. The molecule has 0 amide bonds. The lowest BCUT2D eigenvalue weighted by molar-refractivity contribution is -0.121. The molecule has 0 spiro atoms. The summed E-state index contributed by atoms with van der Waals surface area (Å²) in [6.45, 7) is 0. The number of ketones is 1. The van der Waals surface area contributed by atoms with Crippen LogP contribution in [-0.4, -0.2) is 30.2 Å². The number of rotatable bonds is 6. The lowest BCUT2D eigenvalue weighted by Crippen LogP contribution is -2.37. The Morgan fingerprint density at radius 2 is 2.08 bits per heavy atom. The molecule has 0 bridgehead atoms. The van der Waals surface area contributed by atoms with E-state index in [9.17, 15) is 14.4 Å². The van der Waals surface area contributed by atoms with Crippen LogP contribution in [0.25, 0.3) is 0 Å². The normalized spacial score (nSPS) is 14.8. The van der Waals surface area contributed by atoms with Crippen molar-refractivity contribution in [3.8, 4) is 0 Å². The summed E-state index contributed by atoms with van der Waals surface area (Å²) < 4.78 is 0. The quantitative estimate of drug-likeness (QED) is 0.414. The largest absolute Gasteiger partial charge is 0.321 e. The van der Waals surface area contributed by atoms with E-state index in [1.807, 2.05) is 0 Å². The van der Waals surface area contributed by atoms with E-state index >= 15 is 0 Å². The summed E-state index contributed by atoms with van der Waals surface area (Å²) in [7, 11) is 0. The topological polar surface area (TPSA) is 77.2 Å². The summed E-state index contributed by atoms with van der Waals surface area (Å²) in [5.74, 6) is -1.44. The third-order valence-electron chi connectivity index (χ3n) is 1.34. The van der Waals surface area contributed by atoms with Crippen molar-refractivity contribution in [3.63, 3.8) is 0 Å². The van der Waals surface area contributed by atoms with Gasteiger partial charge in [-0.15, -0.1) is 0 Å². The molecule has 0 aliphatic carbocycles. The predicted octanol–water partition coefficient (Wildman–Crippen LogP) is -0.962. The van der Waals surface area contributed by atoms with Crippen LogP contribution in [0.4, 0.5) is 0 Å². The number of Topliss-reactive ketones (excluding diaryl/α,β-unsaturated/α-hetero) is 1. The number of thiol groups is 1. The standard InChI is InChI=1S/C7H9NO3S/c8-6(4-12)7(11)5(3-10)1-2-9/h5-6,12H,1,4,8H2. The maximum Gasteiger partial charge on any atom is 0.210 e. The molecule has 0 aromatic carbocycles. The molecule has 4 nitrogen and oxygen atoms in total. The lowest BCUT2D eigenvalue weighted by Gasteiger charge is -2.09. The van der Waals surface area contributed by atoms with Crippen molar-refractivity contribution in [1.82, 2.24) is 0 Å². The molecule has 0 aromatic heterocycles. The molecule has 0 rings (SSSR count). The van der Waals surface area contributed by atoms with Gasteiger partial charge in [0.15, 0.2) is 12.1 Å². The van der Waals surface area contributed by atoms with Crippen molar-refractivity contribution in [1.29, 1.82) is 0 Å². The lowest BCUT2D eigenvalue weighted by atomic mass is 9.98. The van der Waals surface area contributed by atoms with Crippen molar-refractivity contribution < 1.29 is 14.4 Å². The van der Waals surface area contributed by atoms with Gasteiger partial charge in [0.25, 0.3) is 0 Å². The zero-order valence-electron chi connectivity index (χ0n) is 6.32. The van der Waals surface area contributed by atoms with Gasteiger partial charge >= 0.3 is 0 Å². The minimum Gasteiger partial charge on any atom is -0.321 e. The molecule has 0 aliphatic heterocycles. The van der Waals surface area contributed by atoms with Gasteiger partial charge in [-0.1, -0.05) is 0 Å². The maximum absolute atomic E-state index is 11.1. The summed E-state index contributed by atoms with van der Waals surface area (Å²) in [6.07, 6.45) is 2.63. The first-order valence-corrected chi connectivity index (χ1v) is 3.93. The number of nitrogens with two attached hydrogens (primary N) is 1. The van der Waals surface area contributed by atoms with Crippen LogP contribution < -0.4 is 5.73 Å². The number of hydrogen-bond donors (Lipinski definition) is 2. The van der Waals surface area contributed by atoms with E-state index in [1.54, 1.807) is 0 Å². The fourth-order valence-corrected chi connectivity index (χ4v) is 0.812. The molecule has 0 saturated carbocycles. The molecule has 12 heavy (non-hydrogen) atoms. The van der Waals surface area contributed by atoms with Gasteiger partial charge in [-0.25, -0.2) is 0 Å². The minimum atomic E-state index is -1.08. The molecule has 2 atom stereocenters. The molecule has 2 radical (unpaired) electrons. The fourth-order valence-electron chi connectivity index (χ4n) is 0.632. The average Bonchev–Trinajstić information content (AvgIpc) is 2.11. The summed E-state index contributed by atoms with van der Waals surface area (Å²) in [5, 5.41) is 0. The molecular weight excluding hydrogens is 178 g/mol. The smallest absolute Gasteiger partial charge is 0.210 e. The Morgan fingerprint density at radius 1 is 1.50 bits per heavy atom. The van der Waals surface area contributed by atoms with Crippen molar-refractivity contribution in [2.24, 2.45) is 11.7 Å². The summed E-state index contributed by atoms with van der Waals surface area (Å²) in [4.78, 5) is 31.1. The van der Waals surface area contributed by atoms with Gasteiger partial charge < -0.3 is 5.73 Å². The second-order valence-electron chi connectivity index (χ2n) is 2.21. The first-order valence-electron chi connectivity index (χ1n) is 3.30. The summed E-state index contributed by atoms with van der Waals surface area (Å²) >= 11 is 3.78. The van der Waals surface area contributed by atoms with E-state index in [0.717, 1.165) is 0 Å². The molecule has 66 valence electrons. The van der Waals surface area contributed by atoms with E-state index in [2.05, 4.69) is 12.6 Å². The highest BCUT2D eigenvalue weighted by Gasteiger charge is 2.23. The van der Waals surface area contributed by atoms with Crippen LogP contribution in [0.2, 0.25) is 0 Å².